The van der Waals surface area contributed by atoms with Gasteiger partial charge in [-0.05, 0) is 33.6 Å². The van der Waals surface area contributed by atoms with Gasteiger partial charge < -0.3 is 15.2 Å². The number of nitrogens with two attached hydrogens (primary N) is 1. The fourth-order valence-corrected chi connectivity index (χ4v) is 1.96. The molecule has 104 valence electrons. The average molecular weight is 258 g/mol. The molecule has 1 saturated heterocycles. The minimum absolute atomic E-state index is 0.379. The standard InChI is InChI=1S/C12H22N2O4/c1-12(2,3)18-11(16)14-7-5-6-8(9(14)13)10(15)17-4/h8-9H,5-7,13H2,1-4H3. The molecule has 1 fully saturated rings. The molecular formula is C12H22N2O4. The summed E-state index contributed by atoms with van der Waals surface area (Å²) in [4.78, 5) is 24.9. The number of carbonyl (C=O) groups is 2. The number of hydrogen-bond acceptors (Lipinski definition) is 5. The van der Waals surface area contributed by atoms with Gasteiger partial charge in [-0.1, -0.05) is 0 Å². The Morgan fingerprint density at radius 2 is 1.94 bits per heavy atom. The Morgan fingerprint density at radius 1 is 1.33 bits per heavy atom. The Labute approximate surface area is 107 Å². The molecule has 1 aliphatic heterocycles. The lowest BCUT2D eigenvalue weighted by atomic mass is 9.95. The summed E-state index contributed by atoms with van der Waals surface area (Å²) >= 11 is 0. The number of esters is 1. The molecule has 1 rings (SSSR count). The van der Waals surface area contributed by atoms with Crippen molar-refractivity contribution < 1.29 is 19.1 Å². The van der Waals surface area contributed by atoms with E-state index in [1.54, 1.807) is 20.8 Å². The Kier molecular flexibility index (Phi) is 4.56. The highest BCUT2D eigenvalue weighted by Gasteiger charge is 2.38. The van der Waals surface area contributed by atoms with E-state index in [-0.39, 0.29) is 5.97 Å². The normalized spacial score (nSPS) is 24.6. The smallest absolute Gasteiger partial charge is 0.411 e. The van der Waals surface area contributed by atoms with Crippen LogP contribution in [0, 0.1) is 5.92 Å². The van der Waals surface area contributed by atoms with Crippen LogP contribution in [0.15, 0.2) is 0 Å². The second-order valence-corrected chi connectivity index (χ2v) is 5.44. The second kappa shape index (κ2) is 5.56. The number of methoxy groups -OCH3 is 1. The number of rotatable bonds is 1. The van der Waals surface area contributed by atoms with Crippen LogP contribution in [-0.2, 0) is 14.3 Å². The van der Waals surface area contributed by atoms with E-state index in [2.05, 4.69) is 0 Å². The summed E-state index contributed by atoms with van der Waals surface area (Å²) in [7, 11) is 1.32. The molecule has 0 radical (unpaired) electrons. The molecule has 6 heteroatoms. The molecule has 0 aromatic rings. The number of carbonyl (C=O) groups excluding carboxylic acids is 2. The molecule has 2 unspecified atom stereocenters. The zero-order chi connectivity index (χ0) is 13.9. The highest BCUT2D eigenvalue weighted by Crippen LogP contribution is 2.23. The molecule has 0 bridgehead atoms. The molecule has 0 aliphatic carbocycles. The van der Waals surface area contributed by atoms with Gasteiger partial charge >= 0.3 is 12.1 Å². The molecule has 2 atom stereocenters. The van der Waals surface area contributed by atoms with Crippen LogP contribution >= 0.6 is 0 Å². The first-order valence-corrected chi connectivity index (χ1v) is 6.09. The largest absolute Gasteiger partial charge is 0.469 e. The van der Waals surface area contributed by atoms with Crippen molar-refractivity contribution in [3.05, 3.63) is 0 Å². The van der Waals surface area contributed by atoms with Gasteiger partial charge in [0.05, 0.1) is 19.2 Å². The van der Waals surface area contributed by atoms with E-state index < -0.39 is 23.8 Å². The van der Waals surface area contributed by atoms with Crippen LogP contribution in [-0.4, -0.2) is 42.4 Å². The van der Waals surface area contributed by atoms with E-state index in [1.165, 1.54) is 12.0 Å². The van der Waals surface area contributed by atoms with Gasteiger partial charge in [0.2, 0.25) is 0 Å². The predicted molar refractivity (Wildman–Crippen MR) is 65.7 cm³/mol. The molecule has 0 aromatic carbocycles. The zero-order valence-corrected chi connectivity index (χ0v) is 11.4. The van der Waals surface area contributed by atoms with Crippen molar-refractivity contribution in [2.24, 2.45) is 11.7 Å². The van der Waals surface area contributed by atoms with Crippen molar-refractivity contribution >= 4 is 12.1 Å². The van der Waals surface area contributed by atoms with E-state index in [9.17, 15) is 9.59 Å². The topological polar surface area (TPSA) is 81.9 Å². The van der Waals surface area contributed by atoms with Crippen molar-refractivity contribution in [1.29, 1.82) is 0 Å². The first kappa shape index (κ1) is 14.8. The number of piperidine rings is 1. The summed E-state index contributed by atoms with van der Waals surface area (Å²) in [5.74, 6) is -0.855. The fraction of sp³-hybridized carbons (Fsp3) is 0.833. The molecule has 6 nitrogen and oxygen atoms in total. The Morgan fingerprint density at radius 3 is 2.44 bits per heavy atom. The van der Waals surface area contributed by atoms with Gasteiger partial charge in [0.25, 0.3) is 0 Å². The maximum absolute atomic E-state index is 12.0. The number of likely N-dealkylation sites (tertiary alicyclic amines) is 1. The Balaban J connectivity index is 2.71. The summed E-state index contributed by atoms with van der Waals surface area (Å²) in [5.41, 5.74) is 5.37. The quantitative estimate of drug-likeness (QED) is 0.712. The lowest BCUT2D eigenvalue weighted by molar-refractivity contribution is -0.149. The van der Waals surface area contributed by atoms with Crippen LogP contribution in [0.3, 0.4) is 0 Å². The maximum Gasteiger partial charge on any atom is 0.411 e. The van der Waals surface area contributed by atoms with Crippen LogP contribution < -0.4 is 5.73 Å². The summed E-state index contributed by atoms with van der Waals surface area (Å²) in [6.45, 7) is 5.87. The van der Waals surface area contributed by atoms with Crippen molar-refractivity contribution in [3.8, 4) is 0 Å². The van der Waals surface area contributed by atoms with Gasteiger partial charge in [-0.25, -0.2) is 4.79 Å². The lowest BCUT2D eigenvalue weighted by Crippen LogP contribution is -2.56. The molecule has 0 saturated carbocycles. The summed E-state index contributed by atoms with van der Waals surface area (Å²) < 4.78 is 9.96. The third kappa shape index (κ3) is 3.60. The highest BCUT2D eigenvalue weighted by molar-refractivity contribution is 5.75. The van der Waals surface area contributed by atoms with Crippen molar-refractivity contribution in [3.63, 3.8) is 0 Å². The molecule has 1 heterocycles. The molecule has 0 spiro atoms. The van der Waals surface area contributed by atoms with E-state index in [0.29, 0.717) is 19.4 Å². The van der Waals surface area contributed by atoms with E-state index in [0.717, 1.165) is 0 Å². The lowest BCUT2D eigenvalue weighted by Gasteiger charge is -2.38. The second-order valence-electron chi connectivity index (χ2n) is 5.44. The van der Waals surface area contributed by atoms with Crippen LogP contribution in [0.2, 0.25) is 0 Å². The molecule has 1 aliphatic rings. The summed E-state index contributed by atoms with van der Waals surface area (Å²) in [6.07, 6.45) is 0.185. The Bertz CT molecular complexity index is 325. The van der Waals surface area contributed by atoms with E-state index >= 15 is 0 Å². The fourth-order valence-electron chi connectivity index (χ4n) is 1.96. The van der Waals surface area contributed by atoms with Crippen LogP contribution in [0.5, 0.6) is 0 Å². The molecule has 18 heavy (non-hydrogen) atoms. The van der Waals surface area contributed by atoms with Gasteiger partial charge in [-0.15, -0.1) is 0 Å². The van der Waals surface area contributed by atoms with Crippen LogP contribution in [0.4, 0.5) is 4.79 Å². The summed E-state index contributed by atoms with van der Waals surface area (Å²) in [5, 5.41) is 0. The monoisotopic (exact) mass is 258 g/mol. The van der Waals surface area contributed by atoms with Crippen LogP contribution in [0.25, 0.3) is 0 Å². The number of ether oxygens (including phenoxy) is 2. The zero-order valence-electron chi connectivity index (χ0n) is 11.4. The number of hydrogen-bond donors (Lipinski definition) is 1. The van der Waals surface area contributed by atoms with Gasteiger partial charge in [-0.3, -0.25) is 9.69 Å². The number of nitrogens with zero attached hydrogens (tertiary/aromatic N) is 1. The minimum atomic E-state index is -0.680. The first-order valence-electron chi connectivity index (χ1n) is 6.09. The third-order valence-corrected chi connectivity index (χ3v) is 2.82. The maximum atomic E-state index is 12.0. The van der Waals surface area contributed by atoms with Gasteiger partial charge in [-0.2, -0.15) is 0 Å². The molecule has 1 amide bonds. The van der Waals surface area contributed by atoms with Crippen molar-refractivity contribution in [2.45, 2.75) is 45.4 Å². The Hall–Kier alpha value is -1.30. The predicted octanol–water partition coefficient (Wildman–Crippen LogP) is 1.09. The van der Waals surface area contributed by atoms with Crippen molar-refractivity contribution in [2.75, 3.05) is 13.7 Å². The average Bonchev–Trinajstić information content (AvgIpc) is 2.26. The minimum Gasteiger partial charge on any atom is -0.469 e. The van der Waals surface area contributed by atoms with Gasteiger partial charge in [0.15, 0.2) is 0 Å². The first-order chi connectivity index (χ1) is 8.26. The molecular weight excluding hydrogens is 236 g/mol. The van der Waals surface area contributed by atoms with Gasteiger partial charge in [0, 0.05) is 6.54 Å². The number of amides is 1. The molecule has 0 aromatic heterocycles. The molecule has 2 N–H and O–H groups in total. The van der Waals surface area contributed by atoms with Crippen molar-refractivity contribution in [1.82, 2.24) is 4.90 Å². The van der Waals surface area contributed by atoms with Gasteiger partial charge in [0.1, 0.15) is 5.60 Å². The SMILES string of the molecule is COC(=O)C1CCCN(C(=O)OC(C)(C)C)C1N. The van der Waals surface area contributed by atoms with Crippen LogP contribution in [0.1, 0.15) is 33.6 Å². The van der Waals surface area contributed by atoms with E-state index in [1.807, 2.05) is 0 Å². The van der Waals surface area contributed by atoms with E-state index in [4.69, 9.17) is 15.2 Å². The highest BCUT2D eigenvalue weighted by atomic mass is 16.6. The summed E-state index contributed by atoms with van der Waals surface area (Å²) in [6, 6.07) is 0. The third-order valence-electron chi connectivity index (χ3n) is 2.82.